The maximum Gasteiger partial charge on any atom is -0.0182 e. The van der Waals surface area contributed by atoms with Gasteiger partial charge in [-0.3, -0.25) is 0 Å². The summed E-state index contributed by atoms with van der Waals surface area (Å²) in [6.45, 7) is 10.9. The maximum absolute atomic E-state index is 3.89. The van der Waals surface area contributed by atoms with Gasteiger partial charge in [0.1, 0.15) is 0 Å². The average Bonchev–Trinajstić information content (AvgIpc) is 2.03. The highest BCUT2D eigenvalue weighted by atomic mass is 14.3. The van der Waals surface area contributed by atoms with E-state index in [9.17, 15) is 0 Å². The van der Waals surface area contributed by atoms with Crippen molar-refractivity contribution in [3.63, 3.8) is 0 Å². The van der Waals surface area contributed by atoms with Gasteiger partial charge < -0.3 is 0 Å². The summed E-state index contributed by atoms with van der Waals surface area (Å²) in [4.78, 5) is 0. The number of hydrogen-bond donors (Lipinski definition) is 0. The van der Waals surface area contributed by atoms with Crippen molar-refractivity contribution in [1.29, 1.82) is 0 Å². The van der Waals surface area contributed by atoms with E-state index >= 15 is 0 Å². The van der Waals surface area contributed by atoms with E-state index in [2.05, 4.69) is 33.4 Å². The lowest BCUT2D eigenvalue weighted by Crippen LogP contribution is -2.24. The summed E-state index contributed by atoms with van der Waals surface area (Å²) in [6.07, 6.45) is 7.47. The van der Waals surface area contributed by atoms with Crippen LogP contribution in [0.1, 0.15) is 46.5 Å². The zero-order valence-corrected chi connectivity index (χ0v) is 8.69. The van der Waals surface area contributed by atoms with E-state index < -0.39 is 0 Å². The van der Waals surface area contributed by atoms with Gasteiger partial charge in [-0.25, -0.2) is 0 Å². The van der Waals surface area contributed by atoms with Gasteiger partial charge in [0, 0.05) is 0 Å². The first-order chi connectivity index (χ1) is 5.54. The fourth-order valence-corrected chi connectivity index (χ4v) is 1.98. The summed E-state index contributed by atoms with van der Waals surface area (Å²) in [5.74, 6) is 2.49. The van der Waals surface area contributed by atoms with Gasteiger partial charge in [0.05, 0.1) is 0 Å². The molecule has 0 N–H and O–H groups in total. The Labute approximate surface area is 77.1 Å². The molecule has 0 heteroatoms. The lowest BCUT2D eigenvalue weighted by Gasteiger charge is -2.36. The Kier molecular flexibility index (Phi) is 2.98. The topological polar surface area (TPSA) is 0 Å². The molecule has 0 spiro atoms. The standard InChI is InChI=1S/C12H21/c1-5-10-7-6-8-11(9-10)12(2,3)4/h5,10H,1,6-9H2,2-4H3. The largest absolute Gasteiger partial charge is 0.103 e. The molecular formula is C12H21. The lowest BCUT2D eigenvalue weighted by atomic mass is 9.69. The second-order valence-electron chi connectivity index (χ2n) is 4.95. The Morgan fingerprint density at radius 1 is 1.42 bits per heavy atom. The number of hydrogen-bond acceptors (Lipinski definition) is 0. The first-order valence-corrected chi connectivity index (χ1v) is 5.02. The molecule has 0 heterocycles. The highest BCUT2D eigenvalue weighted by Gasteiger charge is 2.29. The lowest BCUT2D eigenvalue weighted by molar-refractivity contribution is 0.312. The van der Waals surface area contributed by atoms with Crippen molar-refractivity contribution in [2.75, 3.05) is 0 Å². The summed E-state index contributed by atoms with van der Waals surface area (Å²) in [6, 6.07) is 0. The van der Waals surface area contributed by atoms with Gasteiger partial charge in [-0.05, 0) is 36.5 Å². The van der Waals surface area contributed by atoms with Crippen molar-refractivity contribution in [1.82, 2.24) is 0 Å². The van der Waals surface area contributed by atoms with Gasteiger partial charge >= 0.3 is 0 Å². The predicted octanol–water partition coefficient (Wildman–Crippen LogP) is 3.98. The Balaban J connectivity index is 2.51. The summed E-state index contributed by atoms with van der Waals surface area (Å²) in [5, 5.41) is 0. The minimum absolute atomic E-state index is 0.418. The summed E-state index contributed by atoms with van der Waals surface area (Å²) in [5.41, 5.74) is 0.418. The van der Waals surface area contributed by atoms with Crippen LogP contribution in [0.15, 0.2) is 12.7 Å². The second kappa shape index (κ2) is 3.64. The van der Waals surface area contributed by atoms with Crippen LogP contribution in [-0.4, -0.2) is 0 Å². The van der Waals surface area contributed by atoms with Crippen LogP contribution in [-0.2, 0) is 0 Å². The third-order valence-electron chi connectivity index (χ3n) is 2.96. The van der Waals surface area contributed by atoms with E-state index in [0.717, 1.165) is 5.92 Å². The highest BCUT2D eigenvalue weighted by molar-refractivity contribution is 5.06. The van der Waals surface area contributed by atoms with E-state index in [1.54, 1.807) is 5.92 Å². The molecule has 1 rings (SSSR count). The molecule has 12 heavy (non-hydrogen) atoms. The van der Waals surface area contributed by atoms with Crippen molar-refractivity contribution in [3.8, 4) is 0 Å². The molecule has 0 nitrogen and oxygen atoms in total. The fraction of sp³-hybridized carbons (Fsp3) is 0.750. The molecule has 0 amide bonds. The van der Waals surface area contributed by atoms with Crippen LogP contribution in [0.4, 0.5) is 0 Å². The molecule has 0 saturated heterocycles. The summed E-state index contributed by atoms with van der Waals surface area (Å²) >= 11 is 0. The van der Waals surface area contributed by atoms with Gasteiger partial charge in [-0.2, -0.15) is 0 Å². The number of allylic oxidation sites excluding steroid dienone is 1. The van der Waals surface area contributed by atoms with E-state index in [4.69, 9.17) is 0 Å². The van der Waals surface area contributed by atoms with E-state index in [1.165, 1.54) is 25.7 Å². The molecule has 1 saturated carbocycles. The maximum atomic E-state index is 3.89. The van der Waals surface area contributed by atoms with Crippen molar-refractivity contribution in [2.45, 2.75) is 46.5 Å². The van der Waals surface area contributed by atoms with Gasteiger partial charge in [-0.15, -0.1) is 6.58 Å². The predicted molar refractivity (Wildman–Crippen MR) is 54.9 cm³/mol. The van der Waals surface area contributed by atoms with Crippen molar-refractivity contribution < 1.29 is 0 Å². The molecule has 1 aliphatic carbocycles. The molecule has 1 radical (unpaired) electrons. The van der Waals surface area contributed by atoms with Gasteiger partial charge in [-0.1, -0.05) is 33.3 Å². The van der Waals surface area contributed by atoms with Crippen LogP contribution in [0.3, 0.4) is 0 Å². The smallest absolute Gasteiger partial charge is 0.0182 e. The third kappa shape index (κ3) is 2.36. The van der Waals surface area contributed by atoms with E-state index in [-0.39, 0.29) is 0 Å². The summed E-state index contributed by atoms with van der Waals surface area (Å²) in [7, 11) is 0. The highest BCUT2D eigenvalue weighted by Crippen LogP contribution is 2.42. The van der Waals surface area contributed by atoms with Gasteiger partial charge in [0.25, 0.3) is 0 Å². The molecule has 1 unspecified atom stereocenters. The molecule has 1 aliphatic rings. The van der Waals surface area contributed by atoms with Crippen LogP contribution < -0.4 is 0 Å². The average molecular weight is 165 g/mol. The van der Waals surface area contributed by atoms with E-state index in [1.807, 2.05) is 0 Å². The first kappa shape index (κ1) is 9.83. The van der Waals surface area contributed by atoms with Gasteiger partial charge in [0.15, 0.2) is 0 Å². The minimum atomic E-state index is 0.418. The van der Waals surface area contributed by atoms with Crippen LogP contribution in [0.5, 0.6) is 0 Å². The molecule has 0 aromatic heterocycles. The van der Waals surface area contributed by atoms with Crippen molar-refractivity contribution in [2.24, 2.45) is 11.3 Å². The third-order valence-corrected chi connectivity index (χ3v) is 2.96. The molecule has 0 aromatic carbocycles. The Hall–Kier alpha value is -0.260. The van der Waals surface area contributed by atoms with Crippen LogP contribution in [0.25, 0.3) is 0 Å². The van der Waals surface area contributed by atoms with Crippen molar-refractivity contribution in [3.05, 3.63) is 18.6 Å². The number of rotatable bonds is 1. The molecular weight excluding hydrogens is 144 g/mol. The fourth-order valence-electron chi connectivity index (χ4n) is 1.98. The SMILES string of the molecule is C=CC1CCC[C](C(C)(C)C)C1. The van der Waals surface area contributed by atoms with Gasteiger partial charge in [0.2, 0.25) is 0 Å². The minimum Gasteiger partial charge on any atom is -0.103 e. The molecule has 69 valence electrons. The van der Waals surface area contributed by atoms with Crippen molar-refractivity contribution >= 4 is 0 Å². The zero-order chi connectivity index (χ0) is 9.19. The quantitative estimate of drug-likeness (QED) is 0.515. The Morgan fingerprint density at radius 3 is 2.58 bits per heavy atom. The molecule has 0 aliphatic heterocycles. The first-order valence-electron chi connectivity index (χ1n) is 5.02. The molecule has 0 bridgehead atoms. The normalized spacial score (nSPS) is 27.1. The van der Waals surface area contributed by atoms with Crippen LogP contribution in [0.2, 0.25) is 0 Å². The second-order valence-corrected chi connectivity index (χ2v) is 4.95. The monoisotopic (exact) mass is 165 g/mol. The van der Waals surface area contributed by atoms with E-state index in [0.29, 0.717) is 5.41 Å². The van der Waals surface area contributed by atoms with Crippen LogP contribution >= 0.6 is 0 Å². The van der Waals surface area contributed by atoms with Crippen LogP contribution in [0, 0.1) is 17.3 Å². The molecule has 0 aromatic rings. The molecule has 1 atom stereocenters. The molecule has 1 fully saturated rings. The Bertz CT molecular complexity index is 150. The summed E-state index contributed by atoms with van der Waals surface area (Å²) < 4.78 is 0. The zero-order valence-electron chi connectivity index (χ0n) is 8.69. The Morgan fingerprint density at radius 2 is 2.08 bits per heavy atom.